The second-order valence-electron chi connectivity index (χ2n) is 6.74. The molecule has 9 nitrogen and oxygen atoms in total. The summed E-state index contributed by atoms with van der Waals surface area (Å²) in [6, 6.07) is 4.76. The van der Waals surface area contributed by atoms with Crippen molar-refractivity contribution in [3.63, 3.8) is 0 Å². The number of nitrogens with zero attached hydrogens (tertiary/aromatic N) is 4. The third kappa shape index (κ3) is 4.09. The van der Waals surface area contributed by atoms with E-state index in [2.05, 4.69) is 25.6 Å². The van der Waals surface area contributed by atoms with E-state index >= 15 is 0 Å². The van der Waals surface area contributed by atoms with Crippen LogP contribution in [-0.2, 0) is 13.1 Å². The lowest BCUT2D eigenvalue weighted by atomic mass is 10.1. The van der Waals surface area contributed by atoms with Crippen molar-refractivity contribution in [3.8, 4) is 5.75 Å². The third-order valence-corrected chi connectivity index (χ3v) is 4.69. The van der Waals surface area contributed by atoms with E-state index in [1.807, 2.05) is 18.4 Å². The molecule has 0 radical (unpaired) electrons. The zero-order chi connectivity index (χ0) is 20.3. The van der Waals surface area contributed by atoms with Crippen molar-refractivity contribution in [2.24, 2.45) is 0 Å². The number of imidazole rings is 1. The molecule has 0 spiro atoms. The molecule has 28 heavy (non-hydrogen) atoms. The van der Waals surface area contributed by atoms with Crippen molar-refractivity contribution < 1.29 is 10.2 Å². The summed E-state index contributed by atoms with van der Waals surface area (Å²) in [5, 5.41) is 26.4. The van der Waals surface area contributed by atoms with Crippen molar-refractivity contribution in [2.45, 2.75) is 52.4 Å². The number of nitrogen functional groups attached to an aromatic ring is 1. The van der Waals surface area contributed by atoms with E-state index in [1.165, 1.54) is 0 Å². The molecule has 3 rings (SSSR count). The number of aliphatic hydroxyl groups is 1. The molecule has 0 saturated heterocycles. The first-order chi connectivity index (χ1) is 13.4. The number of benzene rings is 1. The van der Waals surface area contributed by atoms with Gasteiger partial charge in [0.25, 0.3) is 0 Å². The van der Waals surface area contributed by atoms with E-state index < -0.39 is 6.10 Å². The highest BCUT2D eigenvalue weighted by Gasteiger charge is 2.18. The Morgan fingerprint density at radius 2 is 2.04 bits per heavy atom. The van der Waals surface area contributed by atoms with Crippen LogP contribution in [-0.4, -0.2) is 41.9 Å². The van der Waals surface area contributed by atoms with Gasteiger partial charge in [0.05, 0.1) is 18.5 Å². The van der Waals surface area contributed by atoms with Gasteiger partial charge in [-0.3, -0.25) is 0 Å². The van der Waals surface area contributed by atoms with Gasteiger partial charge in [-0.05, 0) is 38.5 Å². The van der Waals surface area contributed by atoms with Crippen LogP contribution in [0.25, 0.3) is 11.2 Å². The number of phenolic OH excluding ortho intramolecular Hbond substituents is 1. The molecule has 2 unspecified atom stereocenters. The number of hydrogen-bond acceptors (Lipinski definition) is 8. The Hall–Kier alpha value is -3.07. The monoisotopic (exact) mass is 385 g/mol. The summed E-state index contributed by atoms with van der Waals surface area (Å²) >= 11 is 0. The molecule has 0 amide bonds. The van der Waals surface area contributed by atoms with Gasteiger partial charge in [0.1, 0.15) is 5.75 Å². The van der Waals surface area contributed by atoms with E-state index in [0.29, 0.717) is 40.7 Å². The van der Waals surface area contributed by atoms with Gasteiger partial charge in [0, 0.05) is 24.3 Å². The molecule has 0 saturated carbocycles. The molecule has 0 aliphatic heterocycles. The lowest BCUT2D eigenvalue weighted by molar-refractivity contribution is 0.169. The predicted molar refractivity (Wildman–Crippen MR) is 110 cm³/mol. The number of hydrogen-bond donors (Lipinski definition) is 5. The van der Waals surface area contributed by atoms with Crippen LogP contribution in [0.1, 0.15) is 32.8 Å². The van der Waals surface area contributed by atoms with Gasteiger partial charge in [-0.1, -0.05) is 6.92 Å². The molecule has 9 heteroatoms. The minimum absolute atomic E-state index is 0.157. The fourth-order valence-corrected chi connectivity index (χ4v) is 3.02. The summed E-state index contributed by atoms with van der Waals surface area (Å²) in [5.74, 6) is 1.11. The second-order valence-corrected chi connectivity index (χ2v) is 6.74. The van der Waals surface area contributed by atoms with Gasteiger partial charge >= 0.3 is 0 Å². The number of rotatable bonds is 8. The number of nitrogens with one attached hydrogen (secondary N) is 2. The van der Waals surface area contributed by atoms with Crippen LogP contribution in [0.3, 0.4) is 0 Å². The Bertz CT molecular complexity index is 955. The number of phenols is 1. The lowest BCUT2D eigenvalue weighted by Gasteiger charge is -2.20. The predicted octanol–water partition coefficient (Wildman–Crippen LogP) is 2.32. The average Bonchev–Trinajstić information content (AvgIpc) is 3.09. The summed E-state index contributed by atoms with van der Waals surface area (Å²) in [6.07, 6.45) is 1.91. The first kappa shape index (κ1) is 19.7. The van der Waals surface area contributed by atoms with Crippen molar-refractivity contribution in [2.75, 3.05) is 16.4 Å². The van der Waals surface area contributed by atoms with Gasteiger partial charge in [-0.2, -0.15) is 9.97 Å². The van der Waals surface area contributed by atoms with Gasteiger partial charge in [-0.25, -0.2) is 4.98 Å². The molecule has 0 aliphatic carbocycles. The zero-order valence-electron chi connectivity index (χ0n) is 16.3. The number of fused-ring (bicyclic) bond motifs is 1. The Morgan fingerprint density at radius 3 is 2.71 bits per heavy atom. The standard InChI is InChI=1S/C19H27N7O2/c1-4-14(11(3)27)23-19-24-17(16-18(25-19)26(5-2)10-22-16)21-9-12-8-13(20)6-7-15(12)28/h6-8,10-11,14,27-28H,4-5,9,20H2,1-3H3,(H2,21,23,24,25). The maximum Gasteiger partial charge on any atom is 0.227 e. The highest BCUT2D eigenvalue weighted by Crippen LogP contribution is 2.25. The van der Waals surface area contributed by atoms with Gasteiger partial charge < -0.3 is 31.1 Å². The maximum atomic E-state index is 10.0. The fourth-order valence-electron chi connectivity index (χ4n) is 3.02. The van der Waals surface area contributed by atoms with Gasteiger partial charge in [-0.15, -0.1) is 0 Å². The normalized spacial score (nSPS) is 13.4. The molecule has 6 N–H and O–H groups in total. The Kier molecular flexibility index (Phi) is 5.84. The van der Waals surface area contributed by atoms with Crippen molar-refractivity contribution in [1.82, 2.24) is 19.5 Å². The Labute approximate surface area is 163 Å². The summed E-state index contributed by atoms with van der Waals surface area (Å²) in [4.78, 5) is 13.6. The molecule has 3 aromatic rings. The number of aromatic hydroxyl groups is 1. The van der Waals surface area contributed by atoms with Gasteiger partial charge in [0.15, 0.2) is 17.0 Å². The molecule has 0 aliphatic rings. The third-order valence-electron chi connectivity index (χ3n) is 4.69. The molecule has 150 valence electrons. The van der Waals surface area contributed by atoms with Crippen LogP contribution in [0.4, 0.5) is 17.5 Å². The number of nitrogens with two attached hydrogens (primary N) is 1. The molecule has 1 aromatic carbocycles. The SMILES string of the molecule is CCC(Nc1nc(NCc2cc(N)ccc2O)c2ncn(CC)c2n1)C(C)O. The van der Waals surface area contributed by atoms with Crippen LogP contribution in [0.15, 0.2) is 24.5 Å². The first-order valence-corrected chi connectivity index (χ1v) is 9.41. The van der Waals surface area contributed by atoms with Crippen LogP contribution >= 0.6 is 0 Å². The molecule has 2 atom stereocenters. The van der Waals surface area contributed by atoms with Crippen molar-refractivity contribution >= 4 is 28.6 Å². The average molecular weight is 385 g/mol. The minimum Gasteiger partial charge on any atom is -0.508 e. The van der Waals surface area contributed by atoms with Gasteiger partial charge in [0.2, 0.25) is 5.95 Å². The van der Waals surface area contributed by atoms with Crippen LogP contribution in [0, 0.1) is 0 Å². The molecule has 2 heterocycles. The van der Waals surface area contributed by atoms with E-state index in [9.17, 15) is 10.2 Å². The first-order valence-electron chi connectivity index (χ1n) is 9.41. The molecule has 2 aromatic heterocycles. The molecular formula is C19H27N7O2. The molecule has 0 bridgehead atoms. The number of aromatic nitrogens is 4. The van der Waals surface area contributed by atoms with Crippen LogP contribution in [0.5, 0.6) is 5.75 Å². The van der Waals surface area contributed by atoms with Crippen molar-refractivity contribution in [1.29, 1.82) is 0 Å². The number of anilines is 3. The topological polar surface area (TPSA) is 134 Å². The Balaban J connectivity index is 1.95. The number of aliphatic hydroxyl groups excluding tert-OH is 1. The maximum absolute atomic E-state index is 10.0. The highest BCUT2D eigenvalue weighted by atomic mass is 16.3. The summed E-state index contributed by atoms with van der Waals surface area (Å²) in [7, 11) is 0. The van der Waals surface area contributed by atoms with E-state index in [4.69, 9.17) is 5.73 Å². The number of aryl methyl sites for hydroxylation is 1. The zero-order valence-corrected chi connectivity index (χ0v) is 16.3. The highest BCUT2D eigenvalue weighted by molar-refractivity contribution is 5.84. The smallest absolute Gasteiger partial charge is 0.227 e. The quantitative estimate of drug-likeness (QED) is 0.295. The lowest BCUT2D eigenvalue weighted by Crippen LogP contribution is -2.31. The van der Waals surface area contributed by atoms with E-state index in [0.717, 1.165) is 13.0 Å². The summed E-state index contributed by atoms with van der Waals surface area (Å²) in [5.41, 5.74) is 8.38. The Morgan fingerprint density at radius 1 is 1.25 bits per heavy atom. The van der Waals surface area contributed by atoms with E-state index in [1.54, 1.807) is 31.5 Å². The molecule has 0 fully saturated rings. The van der Waals surface area contributed by atoms with Crippen LogP contribution < -0.4 is 16.4 Å². The van der Waals surface area contributed by atoms with Crippen LogP contribution in [0.2, 0.25) is 0 Å². The van der Waals surface area contributed by atoms with Crippen molar-refractivity contribution in [3.05, 3.63) is 30.1 Å². The fraction of sp³-hybridized carbons (Fsp3) is 0.421. The summed E-state index contributed by atoms with van der Waals surface area (Å²) in [6.45, 7) is 6.78. The summed E-state index contributed by atoms with van der Waals surface area (Å²) < 4.78 is 1.93. The van der Waals surface area contributed by atoms with E-state index in [-0.39, 0.29) is 11.8 Å². The largest absolute Gasteiger partial charge is 0.508 e. The minimum atomic E-state index is -0.541. The molecular weight excluding hydrogens is 358 g/mol. The second kappa shape index (κ2) is 8.30.